The van der Waals surface area contributed by atoms with Crippen molar-refractivity contribution in [2.24, 2.45) is 5.92 Å². The second kappa shape index (κ2) is 8.52. The smallest absolute Gasteiger partial charge is 0.0710 e. The van der Waals surface area contributed by atoms with Gasteiger partial charge in [-0.1, -0.05) is 38.1 Å². The number of hydrogen-bond donors (Lipinski definition) is 1. The van der Waals surface area contributed by atoms with E-state index < -0.39 is 0 Å². The van der Waals surface area contributed by atoms with Gasteiger partial charge >= 0.3 is 0 Å². The Labute approximate surface area is 129 Å². The van der Waals surface area contributed by atoms with E-state index in [4.69, 9.17) is 4.74 Å². The third-order valence-corrected chi connectivity index (χ3v) is 4.20. The summed E-state index contributed by atoms with van der Waals surface area (Å²) in [6, 6.07) is 8.86. The van der Waals surface area contributed by atoms with Crippen molar-refractivity contribution in [2.75, 3.05) is 33.3 Å². The number of benzene rings is 1. The number of nitrogens with one attached hydrogen (secondary N) is 1. The molecule has 1 aliphatic heterocycles. The molecule has 21 heavy (non-hydrogen) atoms. The maximum absolute atomic E-state index is 5.46. The molecule has 118 valence electrons. The van der Waals surface area contributed by atoms with Crippen molar-refractivity contribution >= 4 is 0 Å². The van der Waals surface area contributed by atoms with Gasteiger partial charge in [0.15, 0.2) is 0 Å². The van der Waals surface area contributed by atoms with E-state index in [1.165, 1.54) is 11.1 Å². The van der Waals surface area contributed by atoms with Crippen LogP contribution >= 0.6 is 0 Å². The molecule has 0 radical (unpaired) electrons. The zero-order chi connectivity index (χ0) is 15.1. The lowest BCUT2D eigenvalue weighted by Crippen LogP contribution is -2.24. The molecule has 3 heteroatoms. The first-order valence-electron chi connectivity index (χ1n) is 8.21. The minimum Gasteiger partial charge on any atom is -0.380 e. The molecule has 0 bridgehead atoms. The molecule has 1 saturated heterocycles. The Morgan fingerprint density at radius 2 is 2.05 bits per heavy atom. The van der Waals surface area contributed by atoms with Crippen molar-refractivity contribution in [2.45, 2.75) is 39.3 Å². The van der Waals surface area contributed by atoms with Crippen molar-refractivity contribution in [3.8, 4) is 0 Å². The summed E-state index contributed by atoms with van der Waals surface area (Å²) in [4.78, 5) is 2.51. The molecule has 1 aliphatic rings. The second-order valence-corrected chi connectivity index (χ2v) is 6.50. The van der Waals surface area contributed by atoms with Crippen molar-refractivity contribution in [1.29, 1.82) is 0 Å². The number of ether oxygens (including phenoxy) is 1. The van der Waals surface area contributed by atoms with E-state index in [9.17, 15) is 0 Å². The van der Waals surface area contributed by atoms with Gasteiger partial charge in [-0.15, -0.1) is 0 Å². The van der Waals surface area contributed by atoms with Crippen LogP contribution < -0.4 is 5.32 Å². The highest BCUT2D eigenvalue weighted by Gasteiger charge is 2.22. The maximum Gasteiger partial charge on any atom is 0.0710 e. The number of hydrogen-bond acceptors (Lipinski definition) is 3. The van der Waals surface area contributed by atoms with E-state index in [1.807, 2.05) is 7.11 Å². The maximum atomic E-state index is 5.46. The quantitative estimate of drug-likeness (QED) is 0.745. The van der Waals surface area contributed by atoms with E-state index in [2.05, 4.69) is 48.3 Å². The highest BCUT2D eigenvalue weighted by molar-refractivity contribution is 5.27. The first-order chi connectivity index (χ1) is 10.2. The molecule has 1 aromatic carbocycles. The first kappa shape index (κ1) is 16.5. The number of likely N-dealkylation sites (tertiary alicyclic amines) is 1. The predicted molar refractivity (Wildman–Crippen MR) is 88.5 cm³/mol. The van der Waals surface area contributed by atoms with Crippen LogP contribution in [0.2, 0.25) is 0 Å². The fourth-order valence-electron chi connectivity index (χ4n) is 2.94. The lowest BCUT2D eigenvalue weighted by molar-refractivity contribution is 0.107. The molecule has 1 unspecified atom stereocenters. The van der Waals surface area contributed by atoms with Crippen LogP contribution in [0.5, 0.6) is 0 Å². The molecule has 1 fully saturated rings. The van der Waals surface area contributed by atoms with Gasteiger partial charge in [0.2, 0.25) is 0 Å². The molecule has 1 heterocycles. The summed E-state index contributed by atoms with van der Waals surface area (Å²) < 4.78 is 5.46. The van der Waals surface area contributed by atoms with Gasteiger partial charge in [-0.05, 0) is 43.0 Å². The zero-order valence-corrected chi connectivity index (χ0v) is 13.8. The highest BCUT2D eigenvalue weighted by Crippen LogP contribution is 2.18. The molecular formula is C18H30N2O. The Hall–Kier alpha value is -0.900. The molecule has 0 saturated carbocycles. The topological polar surface area (TPSA) is 24.5 Å². The van der Waals surface area contributed by atoms with Gasteiger partial charge in [-0.2, -0.15) is 0 Å². The zero-order valence-electron chi connectivity index (χ0n) is 13.8. The molecule has 1 N–H and O–H groups in total. The Morgan fingerprint density at radius 3 is 2.71 bits per heavy atom. The molecule has 0 spiro atoms. The summed E-state index contributed by atoms with van der Waals surface area (Å²) in [7, 11) is 1.82. The number of nitrogens with zero attached hydrogens (tertiary/aromatic N) is 1. The third kappa shape index (κ3) is 5.42. The summed E-state index contributed by atoms with van der Waals surface area (Å²) in [6.45, 7) is 9.94. The normalized spacial score (nSPS) is 19.5. The van der Waals surface area contributed by atoms with Crippen molar-refractivity contribution in [3.05, 3.63) is 35.4 Å². The lowest BCUT2D eigenvalue weighted by atomic mass is 10.0. The van der Waals surface area contributed by atoms with Crippen LogP contribution in [0.4, 0.5) is 0 Å². The second-order valence-electron chi connectivity index (χ2n) is 6.50. The Kier molecular flexibility index (Phi) is 6.68. The van der Waals surface area contributed by atoms with Gasteiger partial charge in [-0.3, -0.25) is 4.90 Å². The molecule has 0 amide bonds. The van der Waals surface area contributed by atoms with E-state index >= 15 is 0 Å². The lowest BCUT2D eigenvalue weighted by Gasteiger charge is -2.18. The highest BCUT2D eigenvalue weighted by atomic mass is 16.5. The molecule has 0 aliphatic carbocycles. The number of rotatable bonds is 8. The molecule has 3 nitrogen and oxygen atoms in total. The van der Waals surface area contributed by atoms with E-state index in [0.717, 1.165) is 51.5 Å². The summed E-state index contributed by atoms with van der Waals surface area (Å²) in [6.07, 6.45) is 2.70. The molecule has 0 aromatic heterocycles. The first-order valence-corrected chi connectivity index (χ1v) is 8.21. The van der Waals surface area contributed by atoms with Gasteiger partial charge in [-0.25, -0.2) is 0 Å². The van der Waals surface area contributed by atoms with Gasteiger partial charge in [0.1, 0.15) is 0 Å². The van der Waals surface area contributed by atoms with Crippen LogP contribution in [0.25, 0.3) is 0 Å². The molecular weight excluding hydrogens is 260 g/mol. The summed E-state index contributed by atoms with van der Waals surface area (Å²) >= 11 is 0. The van der Waals surface area contributed by atoms with E-state index in [1.54, 1.807) is 0 Å². The fourth-order valence-corrected chi connectivity index (χ4v) is 2.94. The van der Waals surface area contributed by atoms with Crippen molar-refractivity contribution in [1.82, 2.24) is 10.2 Å². The number of methoxy groups -OCH3 is 1. The Bertz CT molecular complexity index is 419. The van der Waals surface area contributed by atoms with E-state index in [-0.39, 0.29) is 0 Å². The SMILES string of the molecule is COC1CCN(Cc2ccccc2CCNCC(C)C)C1. The largest absolute Gasteiger partial charge is 0.380 e. The standard InChI is InChI=1S/C18H30N2O/c1-15(2)12-19-10-8-16-6-4-5-7-17(16)13-20-11-9-18(14-20)21-3/h4-7,15,18-19H,8-14H2,1-3H3. The monoisotopic (exact) mass is 290 g/mol. The summed E-state index contributed by atoms with van der Waals surface area (Å²) in [5.74, 6) is 0.718. The van der Waals surface area contributed by atoms with Gasteiger partial charge in [0.05, 0.1) is 6.10 Å². The van der Waals surface area contributed by atoms with Crippen molar-refractivity contribution in [3.63, 3.8) is 0 Å². The van der Waals surface area contributed by atoms with Gasteiger partial charge < -0.3 is 10.1 Å². The molecule has 1 aromatic rings. The van der Waals surface area contributed by atoms with E-state index in [0.29, 0.717) is 6.10 Å². The summed E-state index contributed by atoms with van der Waals surface area (Å²) in [5, 5.41) is 3.54. The predicted octanol–water partition coefficient (Wildman–Crippen LogP) is 2.70. The van der Waals surface area contributed by atoms with Crippen LogP contribution in [0.15, 0.2) is 24.3 Å². The minimum absolute atomic E-state index is 0.421. The van der Waals surface area contributed by atoms with Gasteiger partial charge in [0, 0.05) is 26.7 Å². The Morgan fingerprint density at radius 1 is 1.29 bits per heavy atom. The van der Waals surface area contributed by atoms with Crippen LogP contribution in [0.1, 0.15) is 31.4 Å². The molecule has 1 atom stereocenters. The third-order valence-electron chi connectivity index (χ3n) is 4.20. The average molecular weight is 290 g/mol. The Balaban J connectivity index is 1.85. The summed E-state index contributed by atoms with van der Waals surface area (Å²) in [5.41, 5.74) is 2.95. The van der Waals surface area contributed by atoms with Crippen LogP contribution in [0.3, 0.4) is 0 Å². The van der Waals surface area contributed by atoms with Crippen molar-refractivity contribution < 1.29 is 4.74 Å². The fraction of sp³-hybridized carbons (Fsp3) is 0.667. The van der Waals surface area contributed by atoms with Crippen LogP contribution in [0, 0.1) is 5.92 Å². The van der Waals surface area contributed by atoms with Crippen LogP contribution in [-0.4, -0.2) is 44.3 Å². The van der Waals surface area contributed by atoms with Gasteiger partial charge in [0.25, 0.3) is 0 Å². The van der Waals surface area contributed by atoms with Crippen LogP contribution in [-0.2, 0) is 17.7 Å². The minimum atomic E-state index is 0.421. The molecule has 2 rings (SSSR count). The average Bonchev–Trinajstić information content (AvgIpc) is 2.92.